The molecule has 5 nitrogen and oxygen atoms in total. The van der Waals surface area contributed by atoms with E-state index in [1.807, 2.05) is 0 Å². The number of para-hydroxylation sites is 1. The van der Waals surface area contributed by atoms with Crippen molar-refractivity contribution >= 4 is 21.9 Å². The number of nitrogens with zero attached hydrogens (tertiary/aromatic N) is 2. The maximum atomic E-state index is 11.0. The lowest BCUT2D eigenvalue weighted by atomic mass is 10.2. The van der Waals surface area contributed by atoms with Gasteiger partial charge in [-0.25, -0.2) is 14.8 Å². The summed E-state index contributed by atoms with van der Waals surface area (Å²) in [6.07, 6.45) is 2.84. The van der Waals surface area contributed by atoms with Crippen LogP contribution in [-0.4, -0.2) is 21.0 Å². The minimum atomic E-state index is -1.05. The second kappa shape index (κ2) is 4.92. The minimum absolute atomic E-state index is 0.0815. The predicted octanol–water partition coefficient (Wildman–Crippen LogP) is 2.73. The van der Waals surface area contributed by atoms with Crippen LogP contribution in [0.5, 0.6) is 11.6 Å². The molecule has 0 spiro atoms. The number of aromatic carboxylic acids is 1. The Balaban J connectivity index is 2.37. The van der Waals surface area contributed by atoms with Crippen LogP contribution < -0.4 is 4.74 Å². The molecular weight excluding hydrogens is 288 g/mol. The molecule has 0 amide bonds. The van der Waals surface area contributed by atoms with Crippen LogP contribution in [-0.2, 0) is 0 Å². The Labute approximate surface area is 105 Å². The normalized spacial score (nSPS) is 9.94. The number of rotatable bonds is 3. The summed E-state index contributed by atoms with van der Waals surface area (Å²) >= 11 is 3.22. The van der Waals surface area contributed by atoms with E-state index in [1.54, 1.807) is 18.2 Å². The van der Waals surface area contributed by atoms with Crippen molar-refractivity contribution in [3.05, 3.63) is 46.8 Å². The van der Waals surface area contributed by atoms with Crippen LogP contribution in [0.1, 0.15) is 10.4 Å². The third-order valence-electron chi connectivity index (χ3n) is 1.96. The largest absolute Gasteiger partial charge is 0.478 e. The monoisotopic (exact) mass is 294 g/mol. The number of carboxylic acid groups (broad SMARTS) is 1. The average Bonchev–Trinajstić information content (AvgIpc) is 2.32. The molecule has 0 atom stereocenters. The molecule has 17 heavy (non-hydrogen) atoms. The second-order valence-electron chi connectivity index (χ2n) is 3.08. The Morgan fingerprint density at radius 2 is 2.12 bits per heavy atom. The average molecular weight is 295 g/mol. The standard InChI is InChI=1S/C11H7BrN2O3/c12-8-5-13-6-14-10(8)17-9-4-2-1-3-7(9)11(15)16/h1-6H,(H,15,16). The zero-order valence-electron chi connectivity index (χ0n) is 8.50. The smallest absolute Gasteiger partial charge is 0.339 e. The number of benzene rings is 1. The lowest BCUT2D eigenvalue weighted by molar-refractivity contribution is 0.0694. The van der Waals surface area contributed by atoms with Gasteiger partial charge < -0.3 is 9.84 Å². The van der Waals surface area contributed by atoms with Gasteiger partial charge in [0.15, 0.2) is 0 Å². The minimum Gasteiger partial charge on any atom is -0.478 e. The van der Waals surface area contributed by atoms with Crippen LogP contribution in [0, 0.1) is 0 Å². The summed E-state index contributed by atoms with van der Waals surface area (Å²) in [7, 11) is 0. The number of halogens is 1. The van der Waals surface area contributed by atoms with Gasteiger partial charge >= 0.3 is 5.97 Å². The molecule has 86 valence electrons. The Morgan fingerprint density at radius 3 is 2.82 bits per heavy atom. The molecule has 0 unspecified atom stereocenters. The van der Waals surface area contributed by atoms with Gasteiger partial charge in [0.2, 0.25) is 5.88 Å². The summed E-state index contributed by atoms with van der Waals surface area (Å²) in [4.78, 5) is 18.7. The lowest BCUT2D eigenvalue weighted by Gasteiger charge is -2.08. The molecule has 1 N–H and O–H groups in total. The van der Waals surface area contributed by atoms with Crippen molar-refractivity contribution in [3.8, 4) is 11.6 Å². The van der Waals surface area contributed by atoms with Crippen LogP contribution in [0.2, 0.25) is 0 Å². The van der Waals surface area contributed by atoms with Crippen molar-refractivity contribution < 1.29 is 14.6 Å². The topological polar surface area (TPSA) is 72.3 Å². The molecule has 1 aromatic heterocycles. The number of ether oxygens (including phenoxy) is 1. The van der Waals surface area contributed by atoms with Crippen molar-refractivity contribution in [2.45, 2.75) is 0 Å². The second-order valence-corrected chi connectivity index (χ2v) is 3.93. The quantitative estimate of drug-likeness (QED) is 0.942. The van der Waals surface area contributed by atoms with E-state index in [1.165, 1.54) is 18.6 Å². The first-order valence-electron chi connectivity index (χ1n) is 4.64. The first-order chi connectivity index (χ1) is 8.18. The number of carbonyl (C=O) groups is 1. The maximum Gasteiger partial charge on any atom is 0.339 e. The van der Waals surface area contributed by atoms with Gasteiger partial charge in [-0.3, -0.25) is 0 Å². The zero-order valence-corrected chi connectivity index (χ0v) is 10.1. The molecule has 1 heterocycles. The lowest BCUT2D eigenvalue weighted by Crippen LogP contribution is -2.00. The van der Waals surface area contributed by atoms with Gasteiger partial charge in [-0.2, -0.15) is 0 Å². The van der Waals surface area contributed by atoms with Gasteiger partial charge in [-0.05, 0) is 28.1 Å². The summed E-state index contributed by atoms with van der Waals surface area (Å²) in [6.45, 7) is 0. The fraction of sp³-hybridized carbons (Fsp3) is 0. The highest BCUT2D eigenvalue weighted by Crippen LogP contribution is 2.28. The highest BCUT2D eigenvalue weighted by molar-refractivity contribution is 9.10. The van der Waals surface area contributed by atoms with E-state index in [4.69, 9.17) is 9.84 Å². The van der Waals surface area contributed by atoms with E-state index in [-0.39, 0.29) is 17.2 Å². The van der Waals surface area contributed by atoms with Crippen LogP contribution in [0.25, 0.3) is 0 Å². The van der Waals surface area contributed by atoms with Crippen molar-refractivity contribution in [1.82, 2.24) is 9.97 Å². The molecule has 0 saturated carbocycles. The van der Waals surface area contributed by atoms with Crippen LogP contribution >= 0.6 is 15.9 Å². The van der Waals surface area contributed by atoms with Gasteiger partial charge in [-0.1, -0.05) is 12.1 Å². The number of aromatic nitrogens is 2. The van der Waals surface area contributed by atoms with Crippen LogP contribution in [0.4, 0.5) is 0 Å². The molecule has 0 aliphatic rings. The van der Waals surface area contributed by atoms with Crippen molar-refractivity contribution in [2.75, 3.05) is 0 Å². The molecule has 0 fully saturated rings. The third-order valence-corrected chi connectivity index (χ3v) is 2.50. The fourth-order valence-electron chi connectivity index (χ4n) is 1.21. The van der Waals surface area contributed by atoms with E-state index in [2.05, 4.69) is 25.9 Å². The Hall–Kier alpha value is -1.95. The molecule has 2 aromatic rings. The molecule has 0 aliphatic heterocycles. The molecule has 0 aliphatic carbocycles. The highest BCUT2D eigenvalue weighted by Gasteiger charge is 2.12. The fourth-order valence-corrected chi connectivity index (χ4v) is 1.51. The summed E-state index contributed by atoms with van der Waals surface area (Å²) in [5, 5.41) is 8.99. The first-order valence-corrected chi connectivity index (χ1v) is 5.43. The molecule has 6 heteroatoms. The molecular formula is C11H7BrN2O3. The van der Waals surface area contributed by atoms with Gasteiger partial charge in [0.1, 0.15) is 17.6 Å². The molecule has 0 bridgehead atoms. The SMILES string of the molecule is O=C(O)c1ccccc1Oc1ncncc1Br. The van der Waals surface area contributed by atoms with Gasteiger partial charge in [0.05, 0.1) is 4.47 Å². The summed E-state index contributed by atoms with van der Waals surface area (Å²) in [5.74, 6) is -0.543. The van der Waals surface area contributed by atoms with E-state index in [9.17, 15) is 4.79 Å². The van der Waals surface area contributed by atoms with Crippen LogP contribution in [0.15, 0.2) is 41.3 Å². The highest BCUT2D eigenvalue weighted by atomic mass is 79.9. The molecule has 1 aromatic carbocycles. The van der Waals surface area contributed by atoms with Gasteiger partial charge in [-0.15, -0.1) is 0 Å². The zero-order chi connectivity index (χ0) is 12.3. The summed E-state index contributed by atoms with van der Waals surface area (Å²) in [6, 6.07) is 6.35. The van der Waals surface area contributed by atoms with E-state index >= 15 is 0 Å². The van der Waals surface area contributed by atoms with E-state index in [0.29, 0.717) is 4.47 Å². The van der Waals surface area contributed by atoms with Crippen molar-refractivity contribution in [2.24, 2.45) is 0 Å². The third kappa shape index (κ3) is 2.59. The molecule has 0 saturated heterocycles. The first kappa shape index (κ1) is 11.5. The number of hydrogen-bond donors (Lipinski definition) is 1. The molecule has 0 radical (unpaired) electrons. The van der Waals surface area contributed by atoms with E-state index < -0.39 is 5.97 Å². The summed E-state index contributed by atoms with van der Waals surface area (Å²) < 4.78 is 5.98. The number of carboxylic acids is 1. The van der Waals surface area contributed by atoms with Gasteiger partial charge in [0.25, 0.3) is 0 Å². The number of hydrogen-bond acceptors (Lipinski definition) is 4. The molecule has 2 rings (SSSR count). The van der Waals surface area contributed by atoms with Gasteiger partial charge in [0, 0.05) is 6.20 Å². The van der Waals surface area contributed by atoms with Crippen molar-refractivity contribution in [3.63, 3.8) is 0 Å². The summed E-state index contributed by atoms with van der Waals surface area (Å²) in [5.41, 5.74) is 0.0815. The Bertz CT molecular complexity index is 560. The maximum absolute atomic E-state index is 11.0. The van der Waals surface area contributed by atoms with E-state index in [0.717, 1.165) is 0 Å². The predicted molar refractivity (Wildman–Crippen MR) is 63.2 cm³/mol. The Kier molecular flexibility index (Phi) is 3.34. The van der Waals surface area contributed by atoms with Crippen LogP contribution in [0.3, 0.4) is 0 Å². The van der Waals surface area contributed by atoms with Crippen molar-refractivity contribution in [1.29, 1.82) is 0 Å². The Morgan fingerprint density at radius 1 is 1.35 bits per heavy atom.